The molecule has 2 aromatic rings. The molecule has 28 heavy (non-hydrogen) atoms. The Labute approximate surface area is 159 Å². The van der Waals surface area contributed by atoms with Crippen LogP contribution in [0.5, 0.6) is 0 Å². The molecule has 10 heteroatoms. The first-order valence-corrected chi connectivity index (χ1v) is 8.64. The van der Waals surface area contributed by atoms with Crippen LogP contribution in [0.15, 0.2) is 34.9 Å². The van der Waals surface area contributed by atoms with E-state index in [2.05, 4.69) is 10.5 Å². The lowest BCUT2D eigenvalue weighted by Gasteiger charge is -2.34. The quantitative estimate of drug-likeness (QED) is 0.859. The third-order valence-electron chi connectivity index (χ3n) is 4.38. The first-order valence-electron chi connectivity index (χ1n) is 8.64. The van der Waals surface area contributed by atoms with Gasteiger partial charge in [-0.15, -0.1) is 0 Å². The maximum atomic E-state index is 12.6. The van der Waals surface area contributed by atoms with Crippen molar-refractivity contribution in [2.45, 2.75) is 13.1 Å². The van der Waals surface area contributed by atoms with E-state index in [1.165, 1.54) is 12.1 Å². The Morgan fingerprint density at radius 3 is 2.32 bits per heavy atom. The van der Waals surface area contributed by atoms with Gasteiger partial charge in [0, 0.05) is 37.8 Å². The minimum Gasteiger partial charge on any atom is -0.360 e. The van der Waals surface area contributed by atoms with Gasteiger partial charge in [-0.25, -0.2) is 0 Å². The highest BCUT2D eigenvalue weighted by molar-refractivity contribution is 5.94. The third-order valence-corrected chi connectivity index (χ3v) is 4.38. The van der Waals surface area contributed by atoms with Gasteiger partial charge in [0.25, 0.3) is 5.91 Å². The van der Waals surface area contributed by atoms with Crippen molar-refractivity contribution < 1.29 is 27.3 Å². The molecule has 1 aromatic carbocycles. The zero-order valence-electron chi connectivity index (χ0n) is 15.1. The third kappa shape index (κ3) is 4.89. The highest BCUT2D eigenvalue weighted by Gasteiger charge is 2.30. The smallest absolute Gasteiger partial charge is 0.360 e. The van der Waals surface area contributed by atoms with E-state index in [0.717, 1.165) is 12.1 Å². The van der Waals surface area contributed by atoms with E-state index in [-0.39, 0.29) is 23.9 Å². The number of carbonyl (C=O) groups excluding carboxylic acids is 2. The van der Waals surface area contributed by atoms with Crippen molar-refractivity contribution in [1.82, 2.24) is 15.0 Å². The van der Waals surface area contributed by atoms with Gasteiger partial charge in [0.2, 0.25) is 5.91 Å². The number of nitrogens with one attached hydrogen (secondary N) is 1. The Kier molecular flexibility index (Phi) is 5.68. The van der Waals surface area contributed by atoms with Gasteiger partial charge in [-0.05, 0) is 31.2 Å². The lowest BCUT2D eigenvalue weighted by molar-refractivity contribution is -0.137. The molecule has 0 radical (unpaired) electrons. The fourth-order valence-corrected chi connectivity index (χ4v) is 2.90. The van der Waals surface area contributed by atoms with Gasteiger partial charge < -0.3 is 14.7 Å². The van der Waals surface area contributed by atoms with Crippen LogP contribution in [-0.4, -0.2) is 59.5 Å². The van der Waals surface area contributed by atoms with Gasteiger partial charge >= 0.3 is 6.18 Å². The molecule has 1 fully saturated rings. The van der Waals surface area contributed by atoms with Crippen molar-refractivity contribution >= 4 is 17.6 Å². The second-order valence-electron chi connectivity index (χ2n) is 6.51. The molecule has 2 heterocycles. The summed E-state index contributed by atoms with van der Waals surface area (Å²) in [6, 6.07) is 5.78. The average Bonchev–Trinajstić information content (AvgIpc) is 3.05. The number of carbonyl (C=O) groups is 2. The number of amides is 2. The molecule has 3 rings (SSSR count). The van der Waals surface area contributed by atoms with Crippen LogP contribution in [0.4, 0.5) is 19.0 Å². The fourth-order valence-electron chi connectivity index (χ4n) is 2.90. The second kappa shape index (κ2) is 8.01. The number of nitrogens with zero attached hydrogens (tertiary/aromatic N) is 3. The summed E-state index contributed by atoms with van der Waals surface area (Å²) in [6.45, 7) is 3.60. The minimum absolute atomic E-state index is 0.147. The number of piperazine rings is 1. The van der Waals surface area contributed by atoms with Crippen LogP contribution in [0.2, 0.25) is 0 Å². The maximum absolute atomic E-state index is 12.6. The fraction of sp³-hybridized carbons (Fsp3) is 0.389. The summed E-state index contributed by atoms with van der Waals surface area (Å²) in [5.74, 6) is 0.371. The Balaban J connectivity index is 1.49. The normalized spacial score (nSPS) is 15.5. The van der Waals surface area contributed by atoms with Crippen LogP contribution in [0, 0.1) is 6.92 Å². The summed E-state index contributed by atoms with van der Waals surface area (Å²) >= 11 is 0. The minimum atomic E-state index is -4.43. The second-order valence-corrected chi connectivity index (χ2v) is 6.51. The van der Waals surface area contributed by atoms with Crippen molar-refractivity contribution in [3.8, 4) is 0 Å². The molecule has 2 amide bonds. The number of anilines is 1. The highest BCUT2D eigenvalue weighted by Crippen LogP contribution is 2.29. The van der Waals surface area contributed by atoms with Crippen LogP contribution in [-0.2, 0) is 11.0 Å². The van der Waals surface area contributed by atoms with Crippen LogP contribution in [0.25, 0.3) is 0 Å². The van der Waals surface area contributed by atoms with Crippen molar-refractivity contribution in [3.05, 3.63) is 47.2 Å². The maximum Gasteiger partial charge on any atom is 0.416 e. The molecule has 1 saturated heterocycles. The van der Waals surface area contributed by atoms with E-state index in [1.54, 1.807) is 17.9 Å². The number of alkyl halides is 3. The van der Waals surface area contributed by atoms with Gasteiger partial charge in [-0.2, -0.15) is 13.2 Å². The molecule has 1 aliphatic rings. The van der Waals surface area contributed by atoms with Gasteiger partial charge in [0.1, 0.15) is 5.76 Å². The molecule has 0 spiro atoms. The number of hydrogen-bond donors (Lipinski definition) is 1. The summed E-state index contributed by atoms with van der Waals surface area (Å²) in [5.41, 5.74) is -0.581. The number of halogens is 3. The largest absolute Gasteiger partial charge is 0.416 e. The predicted molar refractivity (Wildman–Crippen MR) is 93.7 cm³/mol. The lowest BCUT2D eigenvalue weighted by atomic mass is 10.1. The van der Waals surface area contributed by atoms with Gasteiger partial charge in [-0.1, -0.05) is 5.16 Å². The molecular weight excluding hydrogens is 377 g/mol. The Morgan fingerprint density at radius 1 is 1.14 bits per heavy atom. The molecule has 1 N–H and O–H groups in total. The van der Waals surface area contributed by atoms with E-state index in [9.17, 15) is 22.8 Å². The number of benzene rings is 1. The van der Waals surface area contributed by atoms with Crippen LogP contribution in [0.1, 0.15) is 21.7 Å². The average molecular weight is 396 g/mol. The lowest BCUT2D eigenvalue weighted by Crippen LogP contribution is -2.50. The number of rotatable bonds is 4. The molecule has 0 saturated carbocycles. The highest BCUT2D eigenvalue weighted by atomic mass is 19.4. The van der Waals surface area contributed by atoms with Gasteiger partial charge in [0.05, 0.1) is 12.1 Å². The van der Waals surface area contributed by atoms with E-state index in [4.69, 9.17) is 4.52 Å². The van der Waals surface area contributed by atoms with E-state index in [1.807, 2.05) is 4.90 Å². The molecule has 0 bridgehead atoms. The monoisotopic (exact) mass is 396 g/mol. The van der Waals surface area contributed by atoms with Crippen molar-refractivity contribution in [2.75, 3.05) is 38.0 Å². The first kappa shape index (κ1) is 19.9. The SMILES string of the molecule is Cc1cc(NC(=O)CN2CCN(C(=O)c3ccc(C(F)(F)F)cc3)CC2)no1. The van der Waals surface area contributed by atoms with Gasteiger partial charge in [-0.3, -0.25) is 14.5 Å². The van der Waals surface area contributed by atoms with Crippen molar-refractivity contribution in [1.29, 1.82) is 0 Å². The van der Waals surface area contributed by atoms with Crippen LogP contribution in [0.3, 0.4) is 0 Å². The molecule has 0 aliphatic carbocycles. The van der Waals surface area contributed by atoms with Gasteiger partial charge in [0.15, 0.2) is 5.82 Å². The summed E-state index contributed by atoms with van der Waals surface area (Å²) in [5, 5.41) is 6.32. The summed E-state index contributed by atoms with van der Waals surface area (Å²) in [6.07, 6.45) is -4.43. The summed E-state index contributed by atoms with van der Waals surface area (Å²) in [4.78, 5) is 27.9. The Bertz CT molecular complexity index is 841. The number of aromatic nitrogens is 1. The van der Waals surface area contributed by atoms with Crippen molar-refractivity contribution in [2.24, 2.45) is 0 Å². The molecule has 1 aromatic heterocycles. The first-order chi connectivity index (χ1) is 13.2. The predicted octanol–water partition coefficient (Wildman–Crippen LogP) is 2.40. The summed E-state index contributed by atoms with van der Waals surface area (Å²) < 4.78 is 42.7. The molecule has 0 atom stereocenters. The Hall–Kier alpha value is -2.88. The molecule has 0 unspecified atom stereocenters. The standard InChI is InChI=1S/C18H19F3N4O3/c1-12-10-15(23-28-12)22-16(26)11-24-6-8-25(9-7-24)17(27)13-2-4-14(5-3-13)18(19,20)21/h2-5,10H,6-9,11H2,1H3,(H,22,23,26). The van der Waals surface area contributed by atoms with Crippen LogP contribution < -0.4 is 5.32 Å². The molecule has 150 valence electrons. The van der Waals surface area contributed by atoms with Crippen molar-refractivity contribution in [3.63, 3.8) is 0 Å². The van der Waals surface area contributed by atoms with E-state index < -0.39 is 11.7 Å². The zero-order chi connectivity index (χ0) is 20.3. The van der Waals surface area contributed by atoms with E-state index in [0.29, 0.717) is 37.8 Å². The Morgan fingerprint density at radius 2 is 1.79 bits per heavy atom. The molecular formula is C18H19F3N4O3. The molecule has 7 nitrogen and oxygen atoms in total. The topological polar surface area (TPSA) is 78.7 Å². The number of hydrogen-bond acceptors (Lipinski definition) is 5. The molecule has 1 aliphatic heterocycles. The summed E-state index contributed by atoms with van der Waals surface area (Å²) in [7, 11) is 0. The van der Waals surface area contributed by atoms with E-state index >= 15 is 0 Å². The zero-order valence-corrected chi connectivity index (χ0v) is 15.1. The van der Waals surface area contributed by atoms with Crippen LogP contribution >= 0.6 is 0 Å². The number of aryl methyl sites for hydroxylation is 1.